The highest BCUT2D eigenvalue weighted by Crippen LogP contribution is 2.49. The summed E-state index contributed by atoms with van der Waals surface area (Å²) in [6.45, 7) is 6.89. The molecule has 1 rings (SSSR count). The van der Waals surface area contributed by atoms with Crippen LogP contribution in [0.4, 0.5) is 4.79 Å². The van der Waals surface area contributed by atoms with Gasteiger partial charge in [-0.05, 0) is 26.7 Å². The molecular weight excluding hydrogens is 210 g/mol. The van der Waals surface area contributed by atoms with Crippen molar-refractivity contribution in [2.24, 2.45) is 5.41 Å². The Bertz CT molecular complexity index is 328. The summed E-state index contributed by atoms with van der Waals surface area (Å²) in [6, 6.07) is 0. The van der Waals surface area contributed by atoms with Crippen LogP contribution in [-0.2, 0) is 9.53 Å². The molecule has 0 aromatic carbocycles. The molecule has 0 aromatic heterocycles. The minimum absolute atomic E-state index is 0.117. The van der Waals surface area contributed by atoms with E-state index in [0.29, 0.717) is 12.8 Å². The molecule has 90 valence electrons. The SMILES string of the molecule is C=CCOC(=O)N[C@@]1(C)CC[C@@]1(C)C(=O)O. The van der Waals surface area contributed by atoms with Crippen molar-refractivity contribution in [3.63, 3.8) is 0 Å². The van der Waals surface area contributed by atoms with E-state index in [1.54, 1.807) is 13.8 Å². The molecule has 0 radical (unpaired) electrons. The summed E-state index contributed by atoms with van der Waals surface area (Å²) in [5, 5.41) is 11.7. The summed E-state index contributed by atoms with van der Waals surface area (Å²) >= 11 is 0. The number of ether oxygens (including phenoxy) is 1. The third-order valence-electron chi connectivity index (χ3n) is 3.53. The number of nitrogens with one attached hydrogen (secondary N) is 1. The lowest BCUT2D eigenvalue weighted by atomic mass is 9.56. The molecule has 0 bridgehead atoms. The number of alkyl carbamates (subject to hydrolysis) is 1. The monoisotopic (exact) mass is 227 g/mol. The molecule has 16 heavy (non-hydrogen) atoms. The Balaban J connectivity index is 2.62. The topological polar surface area (TPSA) is 75.6 Å². The van der Waals surface area contributed by atoms with E-state index in [1.165, 1.54) is 6.08 Å². The van der Waals surface area contributed by atoms with Crippen LogP contribution in [-0.4, -0.2) is 29.3 Å². The Morgan fingerprint density at radius 1 is 1.50 bits per heavy atom. The zero-order valence-electron chi connectivity index (χ0n) is 9.58. The van der Waals surface area contributed by atoms with Crippen LogP contribution in [0, 0.1) is 5.41 Å². The van der Waals surface area contributed by atoms with Gasteiger partial charge in [-0.1, -0.05) is 12.7 Å². The lowest BCUT2D eigenvalue weighted by molar-refractivity contribution is -0.162. The number of hydrogen-bond donors (Lipinski definition) is 2. The molecule has 2 N–H and O–H groups in total. The first-order valence-electron chi connectivity index (χ1n) is 5.15. The molecule has 0 heterocycles. The standard InChI is InChI=1S/C11H17NO4/c1-4-7-16-9(15)12-11(3)6-5-10(11,2)8(13)14/h4H,1,5-7H2,2-3H3,(H,12,15)(H,13,14)/t10-,11-/m0/s1. The van der Waals surface area contributed by atoms with E-state index in [2.05, 4.69) is 11.9 Å². The fourth-order valence-corrected chi connectivity index (χ4v) is 1.81. The van der Waals surface area contributed by atoms with E-state index in [1.807, 2.05) is 0 Å². The van der Waals surface area contributed by atoms with Crippen molar-refractivity contribution in [1.82, 2.24) is 5.32 Å². The Kier molecular flexibility index (Phi) is 3.26. The summed E-state index contributed by atoms with van der Waals surface area (Å²) in [4.78, 5) is 22.5. The zero-order chi connectivity index (χ0) is 12.4. The summed E-state index contributed by atoms with van der Waals surface area (Å²) in [7, 11) is 0. The van der Waals surface area contributed by atoms with Gasteiger partial charge in [0.05, 0.1) is 11.0 Å². The maximum absolute atomic E-state index is 11.3. The minimum Gasteiger partial charge on any atom is -0.481 e. The second-order valence-electron chi connectivity index (χ2n) is 4.48. The third kappa shape index (κ3) is 1.89. The van der Waals surface area contributed by atoms with E-state index in [9.17, 15) is 9.59 Å². The largest absolute Gasteiger partial charge is 0.481 e. The van der Waals surface area contributed by atoms with Crippen LogP contribution >= 0.6 is 0 Å². The van der Waals surface area contributed by atoms with Gasteiger partial charge in [0.15, 0.2) is 0 Å². The fourth-order valence-electron chi connectivity index (χ4n) is 1.81. The van der Waals surface area contributed by atoms with Gasteiger partial charge in [0.25, 0.3) is 0 Å². The highest BCUT2D eigenvalue weighted by atomic mass is 16.5. The quantitative estimate of drug-likeness (QED) is 0.714. The Morgan fingerprint density at radius 3 is 2.50 bits per heavy atom. The summed E-state index contributed by atoms with van der Waals surface area (Å²) in [6.07, 6.45) is 2.05. The predicted octanol–water partition coefficient (Wildman–Crippen LogP) is 1.54. The molecule has 1 amide bonds. The van der Waals surface area contributed by atoms with Crippen molar-refractivity contribution in [1.29, 1.82) is 0 Å². The molecule has 2 atom stereocenters. The number of carboxylic acids is 1. The molecule has 0 spiro atoms. The van der Waals surface area contributed by atoms with Crippen LogP contribution in [0.1, 0.15) is 26.7 Å². The smallest absolute Gasteiger partial charge is 0.407 e. The third-order valence-corrected chi connectivity index (χ3v) is 3.53. The van der Waals surface area contributed by atoms with Crippen LogP contribution in [0.25, 0.3) is 0 Å². The average molecular weight is 227 g/mol. The molecule has 0 aromatic rings. The number of aliphatic carboxylic acids is 1. The molecule has 1 aliphatic rings. The second kappa shape index (κ2) is 4.15. The van der Waals surface area contributed by atoms with Crippen LogP contribution < -0.4 is 5.32 Å². The van der Waals surface area contributed by atoms with E-state index in [-0.39, 0.29) is 6.61 Å². The minimum atomic E-state index is -0.916. The van der Waals surface area contributed by atoms with Crippen LogP contribution in [0.15, 0.2) is 12.7 Å². The molecule has 1 fully saturated rings. The molecule has 1 saturated carbocycles. The maximum Gasteiger partial charge on any atom is 0.407 e. The summed E-state index contributed by atoms with van der Waals surface area (Å²) in [5.41, 5.74) is -1.66. The van der Waals surface area contributed by atoms with Gasteiger partial charge >= 0.3 is 12.1 Å². The zero-order valence-corrected chi connectivity index (χ0v) is 9.58. The predicted molar refractivity (Wildman–Crippen MR) is 58.1 cm³/mol. The molecule has 5 nitrogen and oxygen atoms in total. The first kappa shape index (κ1) is 12.5. The lowest BCUT2D eigenvalue weighted by Gasteiger charge is -2.52. The molecular formula is C11H17NO4. The van der Waals surface area contributed by atoms with Gasteiger partial charge in [-0.3, -0.25) is 4.79 Å². The second-order valence-corrected chi connectivity index (χ2v) is 4.48. The van der Waals surface area contributed by atoms with Crippen molar-refractivity contribution in [2.45, 2.75) is 32.2 Å². The van der Waals surface area contributed by atoms with Crippen molar-refractivity contribution in [2.75, 3.05) is 6.61 Å². The first-order valence-corrected chi connectivity index (χ1v) is 5.15. The van der Waals surface area contributed by atoms with Gasteiger partial charge in [-0.15, -0.1) is 0 Å². The summed E-state index contributed by atoms with van der Waals surface area (Å²) in [5.74, 6) is -0.898. The van der Waals surface area contributed by atoms with Gasteiger partial charge < -0.3 is 15.2 Å². The molecule has 5 heteroatoms. The van der Waals surface area contributed by atoms with Gasteiger partial charge in [0, 0.05) is 0 Å². The lowest BCUT2D eigenvalue weighted by Crippen LogP contribution is -2.67. The van der Waals surface area contributed by atoms with Crippen molar-refractivity contribution < 1.29 is 19.4 Å². The average Bonchev–Trinajstić information content (AvgIpc) is 2.23. The first-order chi connectivity index (χ1) is 7.35. The molecule has 1 aliphatic carbocycles. The number of carbonyl (C=O) groups excluding carboxylic acids is 1. The Morgan fingerprint density at radius 2 is 2.12 bits per heavy atom. The normalized spacial score (nSPS) is 32.4. The highest BCUT2D eigenvalue weighted by molar-refractivity contribution is 5.80. The number of carbonyl (C=O) groups is 2. The number of amides is 1. The van der Waals surface area contributed by atoms with E-state index >= 15 is 0 Å². The van der Waals surface area contributed by atoms with E-state index < -0.39 is 23.0 Å². The number of carboxylic acid groups (broad SMARTS) is 1. The maximum atomic E-state index is 11.3. The molecule has 0 saturated heterocycles. The van der Waals surface area contributed by atoms with E-state index in [0.717, 1.165) is 0 Å². The molecule has 0 unspecified atom stereocenters. The number of hydrogen-bond acceptors (Lipinski definition) is 3. The van der Waals surface area contributed by atoms with Gasteiger partial charge in [0.1, 0.15) is 6.61 Å². The Labute approximate surface area is 94.5 Å². The molecule has 0 aliphatic heterocycles. The van der Waals surface area contributed by atoms with E-state index in [4.69, 9.17) is 9.84 Å². The van der Waals surface area contributed by atoms with Crippen molar-refractivity contribution in [3.8, 4) is 0 Å². The van der Waals surface area contributed by atoms with Gasteiger partial charge in [-0.2, -0.15) is 0 Å². The van der Waals surface area contributed by atoms with Crippen molar-refractivity contribution >= 4 is 12.1 Å². The fraction of sp³-hybridized carbons (Fsp3) is 0.636. The van der Waals surface area contributed by atoms with Crippen molar-refractivity contribution in [3.05, 3.63) is 12.7 Å². The van der Waals surface area contributed by atoms with Crippen LogP contribution in [0.5, 0.6) is 0 Å². The number of rotatable bonds is 4. The van der Waals surface area contributed by atoms with Crippen LogP contribution in [0.3, 0.4) is 0 Å². The highest BCUT2D eigenvalue weighted by Gasteiger charge is 2.59. The van der Waals surface area contributed by atoms with Crippen LogP contribution in [0.2, 0.25) is 0 Å². The summed E-state index contributed by atoms with van der Waals surface area (Å²) < 4.78 is 4.77. The van der Waals surface area contributed by atoms with Gasteiger partial charge in [-0.25, -0.2) is 4.79 Å². The van der Waals surface area contributed by atoms with Gasteiger partial charge in [0.2, 0.25) is 0 Å². The Hall–Kier alpha value is -1.52.